The second-order valence-corrected chi connectivity index (χ2v) is 6.94. The highest BCUT2D eigenvalue weighted by molar-refractivity contribution is 5.96. The van der Waals surface area contributed by atoms with E-state index in [1.807, 2.05) is 12.1 Å². The van der Waals surface area contributed by atoms with Gasteiger partial charge in [-0.1, -0.05) is 42.5 Å². The van der Waals surface area contributed by atoms with E-state index in [0.29, 0.717) is 11.7 Å². The summed E-state index contributed by atoms with van der Waals surface area (Å²) in [6.45, 7) is 0.761. The van der Waals surface area contributed by atoms with Crippen LogP contribution in [-0.2, 0) is 13.0 Å². The summed E-state index contributed by atoms with van der Waals surface area (Å²) < 4.78 is 0. The molecule has 0 saturated carbocycles. The van der Waals surface area contributed by atoms with Crippen LogP contribution in [0, 0.1) is 0 Å². The number of aromatic nitrogens is 2. The van der Waals surface area contributed by atoms with Crippen LogP contribution in [0.25, 0.3) is 11.3 Å². The smallest absolute Gasteiger partial charge is 0.273 e. The molecule has 142 valence electrons. The van der Waals surface area contributed by atoms with Crippen molar-refractivity contribution in [3.05, 3.63) is 77.1 Å². The highest BCUT2D eigenvalue weighted by Crippen LogP contribution is 2.31. The van der Waals surface area contributed by atoms with E-state index < -0.39 is 0 Å². The minimum Gasteiger partial charge on any atom is -0.382 e. The molecule has 0 unspecified atom stereocenters. The lowest BCUT2D eigenvalue weighted by atomic mass is 10.1. The van der Waals surface area contributed by atoms with Gasteiger partial charge in [0, 0.05) is 25.2 Å². The second kappa shape index (κ2) is 7.78. The molecular formula is C22H23N5O. The standard InChI is InChI=1S/C22H23N5O/c1-24-22(28)20-21(23)26-13-19(27-20)16-7-4-5-14(11-16)12-25-18-10-9-15-6-2-3-8-17(15)18/h2-8,11,13,18,25H,9-10,12H2,1H3,(H2,23,26)(H,24,28)/t18-/m0/s1. The Kier molecular flexibility index (Phi) is 5.04. The number of rotatable bonds is 5. The fourth-order valence-corrected chi connectivity index (χ4v) is 3.67. The SMILES string of the molecule is CNC(=O)c1nc(-c2cccc(CN[C@H]3CCc4ccccc43)c2)cnc1N. The Morgan fingerprint density at radius 1 is 1.21 bits per heavy atom. The summed E-state index contributed by atoms with van der Waals surface area (Å²) in [6, 6.07) is 17.1. The van der Waals surface area contributed by atoms with Crippen molar-refractivity contribution in [2.75, 3.05) is 12.8 Å². The first-order valence-electron chi connectivity index (χ1n) is 9.41. The van der Waals surface area contributed by atoms with Gasteiger partial charge in [-0.3, -0.25) is 4.79 Å². The summed E-state index contributed by atoms with van der Waals surface area (Å²) in [6.07, 6.45) is 3.84. The Morgan fingerprint density at radius 2 is 2.07 bits per heavy atom. The zero-order chi connectivity index (χ0) is 19.5. The van der Waals surface area contributed by atoms with E-state index in [4.69, 9.17) is 5.73 Å². The van der Waals surface area contributed by atoms with Crippen LogP contribution in [0.5, 0.6) is 0 Å². The zero-order valence-corrected chi connectivity index (χ0v) is 15.8. The summed E-state index contributed by atoms with van der Waals surface area (Å²) in [5.41, 5.74) is 11.5. The van der Waals surface area contributed by atoms with Crippen LogP contribution in [0.3, 0.4) is 0 Å². The Morgan fingerprint density at radius 3 is 2.93 bits per heavy atom. The average Bonchev–Trinajstić information content (AvgIpc) is 3.15. The van der Waals surface area contributed by atoms with Gasteiger partial charge in [0.05, 0.1) is 11.9 Å². The van der Waals surface area contributed by atoms with Crippen molar-refractivity contribution < 1.29 is 4.79 Å². The Hall–Kier alpha value is -3.25. The Labute approximate surface area is 164 Å². The van der Waals surface area contributed by atoms with Crippen molar-refractivity contribution in [3.63, 3.8) is 0 Å². The second-order valence-electron chi connectivity index (χ2n) is 6.94. The van der Waals surface area contributed by atoms with Gasteiger partial charge in [-0.05, 0) is 35.6 Å². The number of hydrogen-bond acceptors (Lipinski definition) is 5. The molecule has 6 heteroatoms. The molecule has 4 rings (SSSR count). The van der Waals surface area contributed by atoms with E-state index in [9.17, 15) is 4.79 Å². The maximum absolute atomic E-state index is 11.9. The number of carbonyl (C=O) groups is 1. The molecule has 1 aromatic heterocycles. The lowest BCUT2D eigenvalue weighted by Crippen LogP contribution is -2.21. The molecule has 1 aliphatic carbocycles. The van der Waals surface area contributed by atoms with Crippen LogP contribution < -0.4 is 16.4 Å². The number of nitrogens with one attached hydrogen (secondary N) is 2. The van der Waals surface area contributed by atoms with E-state index in [2.05, 4.69) is 57.0 Å². The molecule has 6 nitrogen and oxygen atoms in total. The molecule has 0 spiro atoms. The first kappa shape index (κ1) is 18.1. The van der Waals surface area contributed by atoms with Gasteiger partial charge in [0.1, 0.15) is 0 Å². The molecule has 1 heterocycles. The maximum Gasteiger partial charge on any atom is 0.273 e. The van der Waals surface area contributed by atoms with Crippen molar-refractivity contribution in [1.82, 2.24) is 20.6 Å². The summed E-state index contributed by atoms with van der Waals surface area (Å²) in [5.74, 6) is -0.217. The molecule has 4 N–H and O–H groups in total. The Balaban J connectivity index is 1.52. The number of hydrogen-bond donors (Lipinski definition) is 3. The normalized spacial score (nSPS) is 15.2. The zero-order valence-electron chi connectivity index (χ0n) is 15.8. The number of carbonyl (C=O) groups excluding carboxylic acids is 1. The molecule has 2 aromatic carbocycles. The predicted octanol–water partition coefficient (Wildman–Crippen LogP) is 2.86. The lowest BCUT2D eigenvalue weighted by Gasteiger charge is -2.14. The van der Waals surface area contributed by atoms with Gasteiger partial charge < -0.3 is 16.4 Å². The fourth-order valence-electron chi connectivity index (χ4n) is 3.67. The van der Waals surface area contributed by atoms with Crippen LogP contribution in [0.15, 0.2) is 54.7 Å². The van der Waals surface area contributed by atoms with Gasteiger partial charge in [-0.25, -0.2) is 9.97 Å². The monoisotopic (exact) mass is 373 g/mol. The number of nitrogen functional groups attached to an aromatic ring is 1. The number of nitrogens with zero attached hydrogens (tertiary/aromatic N) is 2. The van der Waals surface area contributed by atoms with Crippen LogP contribution in [-0.4, -0.2) is 22.9 Å². The van der Waals surface area contributed by atoms with E-state index in [1.54, 1.807) is 13.2 Å². The third-order valence-corrected chi connectivity index (χ3v) is 5.15. The van der Waals surface area contributed by atoms with Crippen molar-refractivity contribution in [2.45, 2.75) is 25.4 Å². The van der Waals surface area contributed by atoms with Gasteiger partial charge in [-0.15, -0.1) is 0 Å². The van der Waals surface area contributed by atoms with Gasteiger partial charge >= 0.3 is 0 Å². The van der Waals surface area contributed by atoms with Crippen LogP contribution in [0.1, 0.15) is 39.6 Å². The van der Waals surface area contributed by atoms with Crippen LogP contribution in [0.4, 0.5) is 5.82 Å². The van der Waals surface area contributed by atoms with E-state index >= 15 is 0 Å². The van der Waals surface area contributed by atoms with E-state index in [-0.39, 0.29) is 17.4 Å². The van der Waals surface area contributed by atoms with Gasteiger partial charge in [0.15, 0.2) is 11.5 Å². The highest BCUT2D eigenvalue weighted by Gasteiger charge is 2.21. The maximum atomic E-state index is 11.9. The molecule has 0 saturated heterocycles. The molecule has 0 radical (unpaired) electrons. The third kappa shape index (κ3) is 3.59. The van der Waals surface area contributed by atoms with Crippen molar-refractivity contribution in [1.29, 1.82) is 0 Å². The van der Waals surface area contributed by atoms with E-state index in [1.165, 1.54) is 11.1 Å². The third-order valence-electron chi connectivity index (χ3n) is 5.15. The van der Waals surface area contributed by atoms with Gasteiger partial charge in [0.2, 0.25) is 0 Å². The highest BCUT2D eigenvalue weighted by atomic mass is 16.1. The number of aryl methyl sites for hydroxylation is 1. The molecule has 28 heavy (non-hydrogen) atoms. The van der Waals surface area contributed by atoms with Crippen molar-refractivity contribution in [2.24, 2.45) is 0 Å². The number of nitrogens with two attached hydrogens (primary N) is 1. The number of benzene rings is 2. The average molecular weight is 373 g/mol. The summed E-state index contributed by atoms with van der Waals surface area (Å²) >= 11 is 0. The predicted molar refractivity (Wildman–Crippen MR) is 110 cm³/mol. The fraction of sp³-hybridized carbons (Fsp3) is 0.227. The number of amides is 1. The lowest BCUT2D eigenvalue weighted by molar-refractivity contribution is 0.0959. The molecule has 1 aliphatic rings. The van der Waals surface area contributed by atoms with Crippen molar-refractivity contribution >= 4 is 11.7 Å². The first-order valence-corrected chi connectivity index (χ1v) is 9.41. The molecular weight excluding hydrogens is 350 g/mol. The van der Waals surface area contributed by atoms with Gasteiger partial charge in [0.25, 0.3) is 5.91 Å². The number of anilines is 1. The number of fused-ring (bicyclic) bond motifs is 1. The quantitative estimate of drug-likeness (QED) is 0.639. The molecule has 0 fully saturated rings. The Bertz CT molecular complexity index is 1020. The summed E-state index contributed by atoms with van der Waals surface area (Å²) in [4.78, 5) is 20.5. The van der Waals surface area contributed by atoms with E-state index in [0.717, 1.165) is 30.5 Å². The van der Waals surface area contributed by atoms with Crippen molar-refractivity contribution in [3.8, 4) is 11.3 Å². The molecule has 1 amide bonds. The van der Waals surface area contributed by atoms with Gasteiger partial charge in [-0.2, -0.15) is 0 Å². The minimum absolute atomic E-state index is 0.126. The molecule has 0 bridgehead atoms. The molecule has 0 aliphatic heterocycles. The topological polar surface area (TPSA) is 92.9 Å². The van der Waals surface area contributed by atoms with Crippen LogP contribution >= 0.6 is 0 Å². The molecule has 3 aromatic rings. The summed E-state index contributed by atoms with van der Waals surface area (Å²) in [5, 5.41) is 6.20. The largest absolute Gasteiger partial charge is 0.382 e. The first-order chi connectivity index (χ1) is 13.7. The summed E-state index contributed by atoms with van der Waals surface area (Å²) in [7, 11) is 1.55. The molecule has 1 atom stereocenters. The minimum atomic E-state index is -0.343. The van der Waals surface area contributed by atoms with Crippen LogP contribution in [0.2, 0.25) is 0 Å².